The molecule has 0 bridgehead atoms. The minimum Gasteiger partial charge on any atom is -0.497 e. The minimum absolute atomic E-state index is 0.0337. The average Bonchev–Trinajstić information content (AvgIpc) is 3.33. The molecule has 4 N–H and O–H groups in total. The maximum absolute atomic E-state index is 13.8. The van der Waals surface area contributed by atoms with Crippen LogP contribution in [-0.4, -0.2) is 74.2 Å². The lowest BCUT2D eigenvalue weighted by molar-refractivity contribution is -0.120. The molecule has 0 fully saturated rings. The zero-order valence-electron chi connectivity index (χ0n) is 25.0. The third kappa shape index (κ3) is 9.95. The van der Waals surface area contributed by atoms with E-state index in [-0.39, 0.29) is 12.5 Å². The SMILES string of the molecule is COc1ccc(Sc2nc(N)nc3c2ncn3CC(C)OCP(=O)(OC(OC(=O)O)C(C)C)OC(OC(=O)O)C(C)C)cc1. The van der Waals surface area contributed by atoms with Gasteiger partial charge in [0.1, 0.15) is 22.6 Å². The van der Waals surface area contributed by atoms with E-state index in [4.69, 9.17) is 43.9 Å². The van der Waals surface area contributed by atoms with Crippen molar-refractivity contribution in [2.24, 2.45) is 11.8 Å². The Morgan fingerprint density at radius 3 is 2.05 bits per heavy atom. The van der Waals surface area contributed by atoms with Gasteiger partial charge in [-0.15, -0.1) is 0 Å². The summed E-state index contributed by atoms with van der Waals surface area (Å²) < 4.78 is 47.0. The molecule has 0 saturated heterocycles. The molecule has 0 saturated carbocycles. The summed E-state index contributed by atoms with van der Waals surface area (Å²) in [4.78, 5) is 36.4. The summed E-state index contributed by atoms with van der Waals surface area (Å²) >= 11 is 1.35. The molecule has 1 aromatic carbocycles. The van der Waals surface area contributed by atoms with Crippen molar-refractivity contribution in [3.8, 4) is 5.75 Å². The fourth-order valence-corrected chi connectivity index (χ4v) is 6.29. The Bertz CT molecular complexity index is 1440. The molecule has 3 rings (SSSR count). The topological polar surface area (TPSA) is 217 Å². The summed E-state index contributed by atoms with van der Waals surface area (Å²) in [5, 5.41) is 18.8. The van der Waals surface area contributed by atoms with Crippen molar-refractivity contribution < 1.29 is 52.4 Å². The monoisotopic (exact) mass is 657 g/mol. The number of nitrogens with zero attached hydrogens (tertiary/aromatic N) is 4. The highest BCUT2D eigenvalue weighted by Gasteiger charge is 2.38. The number of methoxy groups -OCH3 is 1. The summed E-state index contributed by atoms with van der Waals surface area (Å²) in [6, 6.07) is 7.39. The molecule has 2 aromatic heterocycles. The van der Waals surface area contributed by atoms with Gasteiger partial charge in [-0.05, 0) is 31.2 Å². The summed E-state index contributed by atoms with van der Waals surface area (Å²) in [5.74, 6) is -0.411. The zero-order chi connectivity index (χ0) is 32.6. The highest BCUT2D eigenvalue weighted by molar-refractivity contribution is 7.99. The van der Waals surface area contributed by atoms with Gasteiger partial charge < -0.3 is 39.5 Å². The molecule has 3 atom stereocenters. The van der Waals surface area contributed by atoms with Crippen molar-refractivity contribution in [1.29, 1.82) is 0 Å². The summed E-state index contributed by atoms with van der Waals surface area (Å²) in [6.45, 7) is 8.15. The molecule has 0 radical (unpaired) electrons. The van der Waals surface area contributed by atoms with Crippen LogP contribution in [0.2, 0.25) is 0 Å². The normalized spacial score (nSPS) is 15.1. The number of aromatic nitrogens is 4. The Balaban J connectivity index is 1.80. The quantitative estimate of drug-likeness (QED) is 0.0748. The van der Waals surface area contributed by atoms with E-state index in [0.717, 1.165) is 4.90 Å². The summed E-state index contributed by atoms with van der Waals surface area (Å²) in [6.07, 6.45) is -6.14. The van der Waals surface area contributed by atoms with Crippen LogP contribution >= 0.6 is 19.4 Å². The van der Waals surface area contributed by atoms with Gasteiger partial charge in [-0.25, -0.2) is 19.6 Å². The molecule has 0 amide bonds. The average molecular weight is 658 g/mol. The Morgan fingerprint density at radius 1 is 0.977 bits per heavy atom. The van der Waals surface area contributed by atoms with E-state index in [1.807, 2.05) is 24.3 Å². The summed E-state index contributed by atoms with van der Waals surface area (Å²) in [5.41, 5.74) is 6.94. The molecule has 242 valence electrons. The summed E-state index contributed by atoms with van der Waals surface area (Å²) in [7, 11) is -2.80. The van der Waals surface area contributed by atoms with Gasteiger partial charge in [-0.1, -0.05) is 39.5 Å². The van der Waals surface area contributed by atoms with Gasteiger partial charge in [-0.3, -0.25) is 13.6 Å². The smallest absolute Gasteiger partial charge is 0.497 e. The van der Waals surface area contributed by atoms with Crippen LogP contribution < -0.4 is 10.5 Å². The second kappa shape index (κ2) is 15.4. The van der Waals surface area contributed by atoms with E-state index < -0.39 is 56.8 Å². The predicted molar refractivity (Wildman–Crippen MR) is 158 cm³/mol. The molecule has 44 heavy (non-hydrogen) atoms. The number of rotatable bonds is 16. The van der Waals surface area contributed by atoms with Gasteiger partial charge in [0, 0.05) is 16.7 Å². The molecule has 0 aliphatic rings. The number of fused-ring (bicyclic) bond motifs is 1. The number of benzene rings is 1. The van der Waals surface area contributed by atoms with Crippen molar-refractivity contribution in [3.05, 3.63) is 30.6 Å². The maximum Gasteiger partial charge on any atom is 0.508 e. The molecule has 0 spiro atoms. The maximum atomic E-state index is 13.8. The van der Waals surface area contributed by atoms with E-state index in [2.05, 4.69) is 15.0 Å². The first-order chi connectivity index (χ1) is 20.7. The fourth-order valence-electron chi connectivity index (χ4n) is 3.60. The fraction of sp³-hybridized carbons (Fsp3) is 0.500. The molecule has 16 nitrogen and oxygen atoms in total. The first-order valence-corrected chi connectivity index (χ1v) is 15.9. The molecule has 0 aliphatic heterocycles. The van der Waals surface area contributed by atoms with Crippen LogP contribution in [0.15, 0.2) is 40.5 Å². The van der Waals surface area contributed by atoms with Gasteiger partial charge in [0.2, 0.25) is 18.5 Å². The number of nitrogen functional groups attached to an aromatic ring is 1. The molecular weight excluding hydrogens is 621 g/mol. The largest absolute Gasteiger partial charge is 0.508 e. The van der Waals surface area contributed by atoms with Crippen molar-refractivity contribution in [2.75, 3.05) is 19.2 Å². The predicted octanol–water partition coefficient (Wildman–Crippen LogP) is 5.51. The lowest BCUT2D eigenvalue weighted by atomic mass is 10.2. The Hall–Kier alpha value is -3.63. The molecule has 3 unspecified atom stereocenters. The van der Waals surface area contributed by atoms with E-state index >= 15 is 0 Å². The van der Waals surface area contributed by atoms with Crippen LogP contribution in [0.4, 0.5) is 15.5 Å². The standard InChI is InChI=1S/C26H36N5O11PS/c1-14(2)22(39-25(32)33)41-43(36,42-23(15(3)4)40-26(34)35)13-38-16(5)11-31-12-28-19-20(31)29-24(27)30-21(19)44-18-9-7-17(37-6)8-10-18/h7-10,12,14-16,22-23H,11,13H2,1-6H3,(H,32,33)(H,34,35)(H2,27,29,30). The first-order valence-electron chi connectivity index (χ1n) is 13.4. The molecule has 0 aliphatic carbocycles. The van der Waals surface area contributed by atoms with Gasteiger partial charge in [-0.2, -0.15) is 4.98 Å². The number of nitrogens with two attached hydrogens (primary N) is 1. The van der Waals surface area contributed by atoms with E-state index in [1.54, 1.807) is 46.3 Å². The van der Waals surface area contributed by atoms with Gasteiger partial charge in [0.05, 0.1) is 26.1 Å². The van der Waals surface area contributed by atoms with E-state index in [0.29, 0.717) is 21.9 Å². The van der Waals surface area contributed by atoms with Crippen LogP contribution in [0.3, 0.4) is 0 Å². The minimum atomic E-state index is -4.39. The van der Waals surface area contributed by atoms with Gasteiger partial charge in [0.25, 0.3) is 0 Å². The highest BCUT2D eigenvalue weighted by atomic mass is 32.2. The van der Waals surface area contributed by atoms with Gasteiger partial charge in [0.15, 0.2) is 5.65 Å². The van der Waals surface area contributed by atoms with Crippen molar-refractivity contribution in [2.45, 2.75) is 69.8 Å². The second-order valence-corrected chi connectivity index (χ2v) is 13.1. The number of anilines is 1. The number of ether oxygens (including phenoxy) is 4. The van der Waals surface area contributed by atoms with Crippen LogP contribution in [0.5, 0.6) is 5.75 Å². The van der Waals surface area contributed by atoms with Crippen molar-refractivity contribution >= 4 is 48.8 Å². The third-order valence-corrected chi connectivity index (χ3v) is 8.25. The van der Waals surface area contributed by atoms with Crippen LogP contribution in [0.1, 0.15) is 34.6 Å². The lowest BCUT2D eigenvalue weighted by Gasteiger charge is -2.30. The number of hydrogen-bond donors (Lipinski definition) is 3. The molecule has 2 heterocycles. The zero-order valence-corrected chi connectivity index (χ0v) is 26.7. The van der Waals surface area contributed by atoms with Crippen molar-refractivity contribution in [3.63, 3.8) is 0 Å². The molecule has 18 heteroatoms. The Labute approximate surface area is 257 Å². The first kappa shape index (κ1) is 34.9. The molecule has 3 aromatic rings. The van der Waals surface area contributed by atoms with Gasteiger partial charge >= 0.3 is 19.9 Å². The van der Waals surface area contributed by atoms with Crippen molar-refractivity contribution in [1.82, 2.24) is 19.5 Å². The number of carboxylic acid groups (broad SMARTS) is 2. The van der Waals surface area contributed by atoms with Crippen LogP contribution in [0, 0.1) is 11.8 Å². The van der Waals surface area contributed by atoms with Crippen LogP contribution in [0.25, 0.3) is 11.2 Å². The number of imidazole rings is 1. The molecular formula is C26H36N5O11PS. The highest BCUT2D eigenvalue weighted by Crippen LogP contribution is 2.52. The van der Waals surface area contributed by atoms with E-state index in [9.17, 15) is 14.2 Å². The van der Waals surface area contributed by atoms with Crippen LogP contribution in [-0.2, 0) is 34.4 Å². The van der Waals surface area contributed by atoms with E-state index in [1.165, 1.54) is 18.1 Å². The number of carbonyl (C=O) groups is 2. The Kier molecular flexibility index (Phi) is 12.2. The third-order valence-electron chi connectivity index (χ3n) is 5.75. The lowest BCUT2D eigenvalue weighted by Crippen LogP contribution is -2.30. The Morgan fingerprint density at radius 2 is 1.55 bits per heavy atom. The second-order valence-electron chi connectivity index (χ2n) is 10.2. The number of hydrogen-bond acceptors (Lipinski definition) is 14.